The van der Waals surface area contributed by atoms with Crippen molar-refractivity contribution in [2.45, 2.75) is 0 Å². The van der Waals surface area contributed by atoms with E-state index < -0.39 is 0 Å². The van der Waals surface area contributed by atoms with Crippen molar-refractivity contribution in [3.8, 4) is 17.6 Å². The molecule has 0 bridgehead atoms. The fourth-order valence-corrected chi connectivity index (χ4v) is 2.45. The van der Waals surface area contributed by atoms with Crippen LogP contribution in [0.3, 0.4) is 0 Å². The molecule has 0 unspecified atom stereocenters. The van der Waals surface area contributed by atoms with E-state index in [1.54, 1.807) is 18.2 Å². The number of nitrogens with one attached hydrogen (secondary N) is 1. The molecule has 2 aromatic rings. The Morgan fingerprint density at radius 2 is 2.04 bits per heavy atom. The Bertz CT molecular complexity index is 834. The topological polar surface area (TPSA) is 71.3 Å². The average Bonchev–Trinajstić information content (AvgIpc) is 2.89. The Kier molecular flexibility index (Phi) is 3.98. The highest BCUT2D eigenvalue weighted by atomic mass is 16.5. The van der Waals surface area contributed by atoms with Gasteiger partial charge < -0.3 is 14.8 Å². The first-order valence-electron chi connectivity index (χ1n) is 7.03. The van der Waals surface area contributed by atoms with Crippen LogP contribution in [0.15, 0.2) is 42.5 Å². The summed E-state index contributed by atoms with van der Waals surface area (Å²) >= 11 is 0. The number of para-hydroxylation sites is 1. The van der Waals surface area contributed by atoms with E-state index in [-0.39, 0.29) is 12.5 Å². The first kappa shape index (κ1) is 14.7. The Labute approximate surface area is 133 Å². The number of ether oxygens (including phenoxy) is 2. The molecule has 0 saturated carbocycles. The smallest absolute Gasteiger partial charge is 0.256 e. The monoisotopic (exact) mass is 306 g/mol. The number of nitrogens with zero attached hydrogens (tertiary/aromatic N) is 1. The number of benzene rings is 2. The molecule has 0 aliphatic carbocycles. The molecule has 2 aromatic carbocycles. The highest BCUT2D eigenvalue weighted by molar-refractivity contribution is 6.34. The Balaban J connectivity index is 1.97. The van der Waals surface area contributed by atoms with Gasteiger partial charge >= 0.3 is 0 Å². The minimum Gasteiger partial charge on any atom is -0.493 e. The molecule has 0 spiro atoms. The molecule has 0 fully saturated rings. The third-order valence-electron chi connectivity index (χ3n) is 3.50. The van der Waals surface area contributed by atoms with Crippen LogP contribution in [0.25, 0.3) is 11.6 Å². The largest absolute Gasteiger partial charge is 0.493 e. The number of methoxy groups -OCH3 is 1. The van der Waals surface area contributed by atoms with Crippen molar-refractivity contribution in [1.82, 2.24) is 0 Å². The summed E-state index contributed by atoms with van der Waals surface area (Å²) in [5, 5.41) is 11.4. The molecular formula is C18H14N2O3. The number of hydrogen-bond donors (Lipinski definition) is 1. The lowest BCUT2D eigenvalue weighted by molar-refractivity contribution is -0.110. The quantitative estimate of drug-likeness (QED) is 0.881. The molecule has 3 rings (SSSR count). The van der Waals surface area contributed by atoms with Crippen molar-refractivity contribution in [2.75, 3.05) is 19.0 Å². The Morgan fingerprint density at radius 3 is 2.83 bits per heavy atom. The van der Waals surface area contributed by atoms with E-state index in [0.29, 0.717) is 17.1 Å². The van der Waals surface area contributed by atoms with E-state index in [9.17, 15) is 4.79 Å². The lowest BCUT2D eigenvalue weighted by Gasteiger charge is -2.09. The zero-order valence-corrected chi connectivity index (χ0v) is 12.5. The Morgan fingerprint density at radius 1 is 1.22 bits per heavy atom. The molecule has 0 atom stereocenters. The maximum absolute atomic E-state index is 12.1. The molecule has 1 N–H and O–H groups in total. The van der Waals surface area contributed by atoms with Crippen molar-refractivity contribution in [3.05, 3.63) is 53.6 Å². The summed E-state index contributed by atoms with van der Waals surface area (Å²) in [5.41, 5.74) is 3.10. The van der Waals surface area contributed by atoms with Crippen molar-refractivity contribution < 1.29 is 14.3 Å². The molecule has 5 nitrogen and oxygen atoms in total. The maximum atomic E-state index is 12.1. The second kappa shape index (κ2) is 6.24. The lowest BCUT2D eigenvalue weighted by Crippen LogP contribution is -2.03. The van der Waals surface area contributed by atoms with Crippen LogP contribution < -0.4 is 14.8 Å². The number of anilines is 1. The van der Waals surface area contributed by atoms with Gasteiger partial charge in [0.2, 0.25) is 0 Å². The van der Waals surface area contributed by atoms with Gasteiger partial charge in [-0.1, -0.05) is 24.3 Å². The van der Waals surface area contributed by atoms with Gasteiger partial charge in [-0.3, -0.25) is 4.79 Å². The minimum absolute atomic E-state index is 0.0490. The summed E-state index contributed by atoms with van der Waals surface area (Å²) in [5.74, 6) is 0.878. The maximum Gasteiger partial charge on any atom is 0.256 e. The van der Waals surface area contributed by atoms with Crippen LogP contribution in [0.4, 0.5) is 5.69 Å². The molecule has 0 saturated heterocycles. The number of nitriles is 1. The summed E-state index contributed by atoms with van der Waals surface area (Å²) in [7, 11) is 1.53. The molecule has 1 aliphatic heterocycles. The minimum atomic E-state index is -0.130. The van der Waals surface area contributed by atoms with Crippen LogP contribution in [-0.2, 0) is 4.79 Å². The highest BCUT2D eigenvalue weighted by Gasteiger charge is 2.23. The van der Waals surface area contributed by atoms with Gasteiger partial charge in [0.25, 0.3) is 5.91 Å². The molecule has 1 heterocycles. The second-order valence-electron chi connectivity index (χ2n) is 4.91. The first-order chi connectivity index (χ1) is 11.2. The van der Waals surface area contributed by atoms with Crippen LogP contribution in [0.2, 0.25) is 0 Å². The summed E-state index contributed by atoms with van der Waals surface area (Å²) in [6.45, 7) is -0.0490. The average molecular weight is 306 g/mol. The third-order valence-corrected chi connectivity index (χ3v) is 3.50. The fraction of sp³-hybridized carbons (Fsp3) is 0.111. The van der Waals surface area contributed by atoms with Crippen LogP contribution >= 0.6 is 0 Å². The lowest BCUT2D eigenvalue weighted by atomic mass is 10.0. The van der Waals surface area contributed by atoms with E-state index in [0.717, 1.165) is 16.8 Å². The van der Waals surface area contributed by atoms with Gasteiger partial charge in [-0.2, -0.15) is 5.26 Å². The van der Waals surface area contributed by atoms with Gasteiger partial charge in [-0.05, 0) is 29.8 Å². The van der Waals surface area contributed by atoms with Crippen molar-refractivity contribution in [3.63, 3.8) is 0 Å². The van der Waals surface area contributed by atoms with Gasteiger partial charge in [0.15, 0.2) is 18.1 Å². The number of carbonyl (C=O) groups excluding carboxylic acids is 1. The highest BCUT2D eigenvalue weighted by Crippen LogP contribution is 2.34. The van der Waals surface area contributed by atoms with Gasteiger partial charge in [-0.25, -0.2) is 0 Å². The molecule has 1 amide bonds. The predicted molar refractivity (Wildman–Crippen MR) is 87.0 cm³/mol. The van der Waals surface area contributed by atoms with E-state index in [2.05, 4.69) is 5.32 Å². The molecular weight excluding hydrogens is 292 g/mol. The second-order valence-corrected chi connectivity index (χ2v) is 4.91. The molecule has 23 heavy (non-hydrogen) atoms. The summed E-state index contributed by atoms with van der Waals surface area (Å²) in [6, 6.07) is 14.8. The summed E-state index contributed by atoms with van der Waals surface area (Å²) in [6.07, 6.45) is 1.80. The molecule has 0 aromatic heterocycles. The van der Waals surface area contributed by atoms with Crippen LogP contribution in [0, 0.1) is 11.3 Å². The van der Waals surface area contributed by atoms with E-state index in [1.165, 1.54) is 7.11 Å². The van der Waals surface area contributed by atoms with Crippen molar-refractivity contribution in [2.24, 2.45) is 0 Å². The van der Waals surface area contributed by atoms with E-state index in [4.69, 9.17) is 14.7 Å². The normalized spacial score (nSPS) is 14.1. The van der Waals surface area contributed by atoms with E-state index in [1.807, 2.05) is 36.4 Å². The zero-order valence-electron chi connectivity index (χ0n) is 12.5. The van der Waals surface area contributed by atoms with Gasteiger partial charge in [-0.15, -0.1) is 0 Å². The number of carbonyl (C=O) groups is 1. The van der Waals surface area contributed by atoms with Crippen LogP contribution in [0.5, 0.6) is 11.5 Å². The number of hydrogen-bond acceptors (Lipinski definition) is 4. The third kappa shape index (κ3) is 2.87. The summed E-state index contributed by atoms with van der Waals surface area (Å²) in [4.78, 5) is 12.1. The van der Waals surface area contributed by atoms with Gasteiger partial charge in [0.05, 0.1) is 7.11 Å². The van der Waals surface area contributed by atoms with E-state index >= 15 is 0 Å². The first-order valence-corrected chi connectivity index (χ1v) is 7.03. The zero-order chi connectivity index (χ0) is 16.2. The van der Waals surface area contributed by atoms with Crippen molar-refractivity contribution >= 4 is 23.2 Å². The van der Waals surface area contributed by atoms with Crippen molar-refractivity contribution in [1.29, 1.82) is 5.26 Å². The molecule has 0 radical (unpaired) electrons. The standard InChI is InChI=1S/C18H14N2O3/c1-22-17-11-12(6-7-16(17)23-9-8-19)10-14-13-4-2-3-5-15(13)20-18(14)21/h2-7,10-11H,9H2,1H3,(H,20,21)/b14-10+. The molecule has 114 valence electrons. The SMILES string of the molecule is COc1cc(/C=C2/C(=O)Nc3ccccc32)ccc1OCC#N. The van der Waals surface area contributed by atoms with Crippen LogP contribution in [0.1, 0.15) is 11.1 Å². The molecule has 1 aliphatic rings. The Hall–Kier alpha value is -3.26. The number of fused-ring (bicyclic) bond motifs is 1. The summed E-state index contributed by atoms with van der Waals surface area (Å²) < 4.78 is 10.6. The van der Waals surface area contributed by atoms with Gasteiger partial charge in [0.1, 0.15) is 6.07 Å². The van der Waals surface area contributed by atoms with Gasteiger partial charge in [0, 0.05) is 16.8 Å². The van der Waals surface area contributed by atoms with Crippen LogP contribution in [-0.4, -0.2) is 19.6 Å². The predicted octanol–water partition coefficient (Wildman–Crippen LogP) is 3.09. The number of rotatable bonds is 4. The number of amides is 1. The fourth-order valence-electron chi connectivity index (χ4n) is 2.45. The molecule has 5 heteroatoms.